The van der Waals surface area contributed by atoms with E-state index in [9.17, 15) is 44.1 Å². The average Bonchev–Trinajstić information content (AvgIpc) is 2.79. The monoisotopic (exact) mass is 563 g/mol. The van der Waals surface area contributed by atoms with Crippen LogP contribution in [0.4, 0.5) is 0 Å². The van der Waals surface area contributed by atoms with Gasteiger partial charge in [-0.2, -0.15) is 0 Å². The molecule has 0 aliphatic heterocycles. The minimum absolute atomic E-state index is 0.0300. The summed E-state index contributed by atoms with van der Waals surface area (Å²) in [5, 5.41) is 46.1. The van der Waals surface area contributed by atoms with E-state index in [0.717, 1.165) is 9.80 Å². The highest BCUT2D eigenvalue weighted by atomic mass is 16.5. The summed E-state index contributed by atoms with van der Waals surface area (Å²) in [6.07, 6.45) is 2.44. The van der Waals surface area contributed by atoms with Crippen molar-refractivity contribution in [1.82, 2.24) is 14.7 Å². The van der Waals surface area contributed by atoms with Gasteiger partial charge < -0.3 is 30.3 Å². The van der Waals surface area contributed by atoms with Crippen LogP contribution in [0.25, 0.3) is 0 Å². The third kappa shape index (κ3) is 18.7. The SMILES string of the molecule is CC(C)C(=O)CCCCCOCC(C(=O)O)N(CCN(CCN(CC(=O)O)CC(=O)O)CC(=O)O)CC(=O)O. The van der Waals surface area contributed by atoms with Crippen molar-refractivity contribution in [2.75, 3.05) is 65.6 Å². The lowest BCUT2D eigenvalue weighted by Gasteiger charge is -2.30. The summed E-state index contributed by atoms with van der Waals surface area (Å²) in [6.45, 7) is 0.854. The minimum Gasteiger partial charge on any atom is -0.480 e. The van der Waals surface area contributed by atoms with Gasteiger partial charge in [0, 0.05) is 45.1 Å². The normalized spacial score (nSPS) is 12.3. The Bertz CT molecular complexity index is 804. The molecule has 39 heavy (non-hydrogen) atoms. The molecule has 0 amide bonds. The highest BCUT2D eigenvalue weighted by Gasteiger charge is 2.28. The molecular weight excluding hydrogens is 522 g/mol. The van der Waals surface area contributed by atoms with E-state index in [-0.39, 0.29) is 51.1 Å². The van der Waals surface area contributed by atoms with Gasteiger partial charge >= 0.3 is 29.8 Å². The first-order valence-electron chi connectivity index (χ1n) is 12.6. The number of ether oxygens (including phenoxy) is 1. The highest BCUT2D eigenvalue weighted by molar-refractivity contribution is 5.80. The van der Waals surface area contributed by atoms with Crippen LogP contribution in [0.2, 0.25) is 0 Å². The molecule has 0 fully saturated rings. The van der Waals surface area contributed by atoms with Crippen LogP contribution in [0, 0.1) is 5.92 Å². The summed E-state index contributed by atoms with van der Waals surface area (Å²) in [5.74, 6) is -6.23. The van der Waals surface area contributed by atoms with Gasteiger partial charge in [0.15, 0.2) is 0 Å². The van der Waals surface area contributed by atoms with E-state index in [1.165, 1.54) is 4.90 Å². The van der Waals surface area contributed by atoms with Crippen molar-refractivity contribution < 1.29 is 59.0 Å². The van der Waals surface area contributed by atoms with Crippen molar-refractivity contribution in [3.05, 3.63) is 0 Å². The fourth-order valence-corrected chi connectivity index (χ4v) is 3.63. The number of carbonyl (C=O) groups excluding carboxylic acids is 1. The van der Waals surface area contributed by atoms with Gasteiger partial charge in [-0.25, -0.2) is 0 Å². The summed E-state index contributed by atoms with van der Waals surface area (Å²) in [4.78, 5) is 71.8. The van der Waals surface area contributed by atoms with Crippen LogP contribution >= 0.6 is 0 Å². The lowest BCUT2D eigenvalue weighted by molar-refractivity contribution is -0.149. The van der Waals surface area contributed by atoms with Crippen LogP contribution in [0.5, 0.6) is 0 Å². The van der Waals surface area contributed by atoms with Crippen LogP contribution in [-0.2, 0) is 33.5 Å². The number of carbonyl (C=O) groups is 6. The maximum Gasteiger partial charge on any atom is 0.323 e. The van der Waals surface area contributed by atoms with Crippen LogP contribution in [0.15, 0.2) is 0 Å². The zero-order valence-corrected chi connectivity index (χ0v) is 22.5. The number of rotatable bonds is 25. The molecule has 15 nitrogen and oxygen atoms in total. The molecule has 0 rings (SSSR count). The molecule has 0 radical (unpaired) electrons. The van der Waals surface area contributed by atoms with E-state index < -0.39 is 62.1 Å². The van der Waals surface area contributed by atoms with Gasteiger partial charge in [0.05, 0.1) is 32.8 Å². The molecule has 0 aliphatic rings. The molecule has 0 aromatic heterocycles. The molecule has 0 heterocycles. The van der Waals surface area contributed by atoms with Gasteiger partial charge in [-0.1, -0.05) is 20.3 Å². The van der Waals surface area contributed by atoms with Crippen LogP contribution in [-0.4, -0.2) is 147 Å². The molecule has 0 spiro atoms. The second kappa shape index (κ2) is 19.9. The zero-order chi connectivity index (χ0) is 30.0. The van der Waals surface area contributed by atoms with Crippen molar-refractivity contribution >= 4 is 35.6 Å². The fourth-order valence-electron chi connectivity index (χ4n) is 3.63. The summed E-state index contributed by atoms with van der Waals surface area (Å²) < 4.78 is 5.47. The van der Waals surface area contributed by atoms with Crippen molar-refractivity contribution in [2.45, 2.75) is 45.6 Å². The Morgan fingerprint density at radius 2 is 1.13 bits per heavy atom. The van der Waals surface area contributed by atoms with E-state index in [1.54, 1.807) is 0 Å². The molecular formula is C24H41N3O12. The van der Waals surface area contributed by atoms with E-state index in [0.29, 0.717) is 25.7 Å². The van der Waals surface area contributed by atoms with Gasteiger partial charge in [0.2, 0.25) is 0 Å². The predicted molar refractivity (Wildman–Crippen MR) is 136 cm³/mol. The Kier molecular flexibility index (Phi) is 18.3. The summed E-state index contributed by atoms with van der Waals surface area (Å²) in [5.41, 5.74) is 0. The number of Topliss-reactive ketones (excluding diaryl/α,β-unsaturated/α-hetero) is 1. The molecule has 0 aromatic rings. The third-order valence-corrected chi connectivity index (χ3v) is 5.71. The number of aliphatic carboxylic acids is 5. The number of ketones is 1. The van der Waals surface area contributed by atoms with Gasteiger partial charge in [-0.3, -0.25) is 43.5 Å². The Labute approximate surface area is 226 Å². The number of carboxylic acids is 5. The van der Waals surface area contributed by atoms with Crippen LogP contribution in [0.3, 0.4) is 0 Å². The smallest absolute Gasteiger partial charge is 0.323 e. The van der Waals surface area contributed by atoms with E-state index in [4.69, 9.17) is 14.9 Å². The number of nitrogens with zero attached hydrogens (tertiary/aromatic N) is 3. The zero-order valence-electron chi connectivity index (χ0n) is 22.5. The number of unbranched alkanes of at least 4 members (excludes halogenated alkanes) is 2. The van der Waals surface area contributed by atoms with E-state index >= 15 is 0 Å². The van der Waals surface area contributed by atoms with Crippen molar-refractivity contribution in [1.29, 1.82) is 0 Å². The van der Waals surface area contributed by atoms with Gasteiger partial charge in [0.25, 0.3) is 0 Å². The molecule has 224 valence electrons. The van der Waals surface area contributed by atoms with Crippen molar-refractivity contribution in [3.8, 4) is 0 Å². The number of hydrogen-bond acceptors (Lipinski definition) is 10. The average molecular weight is 564 g/mol. The fraction of sp³-hybridized carbons (Fsp3) is 0.750. The molecule has 1 unspecified atom stereocenters. The molecule has 0 aliphatic carbocycles. The number of hydrogen-bond donors (Lipinski definition) is 5. The van der Waals surface area contributed by atoms with Crippen LogP contribution in [0.1, 0.15) is 39.5 Å². The summed E-state index contributed by atoms with van der Waals surface area (Å²) in [6, 6.07) is -1.33. The number of carboxylic acid groups (broad SMARTS) is 5. The Hall–Kier alpha value is -3.14. The quantitative estimate of drug-likeness (QED) is 0.0882. The summed E-state index contributed by atoms with van der Waals surface area (Å²) >= 11 is 0. The summed E-state index contributed by atoms with van der Waals surface area (Å²) in [7, 11) is 0. The van der Waals surface area contributed by atoms with Gasteiger partial charge in [-0.15, -0.1) is 0 Å². The lowest BCUT2D eigenvalue weighted by atomic mass is 10.0. The second-order valence-corrected chi connectivity index (χ2v) is 9.39. The van der Waals surface area contributed by atoms with Crippen molar-refractivity contribution in [3.63, 3.8) is 0 Å². The van der Waals surface area contributed by atoms with E-state index in [2.05, 4.69) is 0 Å². The molecule has 0 saturated heterocycles. The largest absolute Gasteiger partial charge is 0.480 e. The van der Waals surface area contributed by atoms with Gasteiger partial charge in [0.1, 0.15) is 11.8 Å². The molecule has 5 N–H and O–H groups in total. The van der Waals surface area contributed by atoms with Crippen LogP contribution < -0.4 is 0 Å². The van der Waals surface area contributed by atoms with Crippen molar-refractivity contribution in [2.24, 2.45) is 5.92 Å². The molecule has 0 saturated carbocycles. The van der Waals surface area contributed by atoms with Gasteiger partial charge in [-0.05, 0) is 12.8 Å². The maximum absolute atomic E-state index is 11.9. The maximum atomic E-state index is 11.9. The standard InChI is InChI=1S/C24H41N3O12/c1-17(2)19(28)6-4-3-5-11-39-16-18(24(37)38)27(15-23(35)36)10-9-25(12-20(29)30)7-8-26(13-21(31)32)14-22(33)34/h17-18H,3-16H2,1-2H3,(H,29,30)(H,31,32)(H,33,34)(H,35,36)(H,37,38). The Balaban J connectivity index is 5.09. The molecule has 0 aromatic carbocycles. The first-order chi connectivity index (χ1) is 18.2. The Morgan fingerprint density at radius 3 is 1.62 bits per heavy atom. The second-order valence-electron chi connectivity index (χ2n) is 9.39. The lowest BCUT2D eigenvalue weighted by Crippen LogP contribution is -2.50. The third-order valence-electron chi connectivity index (χ3n) is 5.71. The predicted octanol–water partition coefficient (Wildman–Crippen LogP) is -0.514. The molecule has 0 bridgehead atoms. The highest BCUT2D eigenvalue weighted by Crippen LogP contribution is 2.08. The topological polar surface area (TPSA) is 223 Å². The first-order valence-corrected chi connectivity index (χ1v) is 12.6. The molecule has 15 heteroatoms. The minimum atomic E-state index is -1.33. The Morgan fingerprint density at radius 1 is 0.641 bits per heavy atom. The van der Waals surface area contributed by atoms with E-state index in [1.807, 2.05) is 13.8 Å². The molecule has 1 atom stereocenters. The first kappa shape index (κ1) is 35.9.